The van der Waals surface area contributed by atoms with Crippen LogP contribution in [0.5, 0.6) is 0 Å². The highest BCUT2D eigenvalue weighted by molar-refractivity contribution is 5.81. The molecule has 0 spiro atoms. The van der Waals surface area contributed by atoms with E-state index >= 15 is 0 Å². The second kappa shape index (κ2) is 7.23. The number of aliphatic hydroxyl groups is 1. The molecular weight excluding hydrogens is 325 g/mol. The van der Waals surface area contributed by atoms with E-state index in [1.807, 2.05) is 0 Å². The molecule has 3 aromatic rings. The standard InChI is InChI=1S/C18H16FN3O3/c19-14-7-5-12(6-8-14)16(23)10-20-17(24)11-22-18(25)15-4-2-1-3-13(15)9-21-22/h1-9,16,23H,10-11H2,(H,20,24). The van der Waals surface area contributed by atoms with Gasteiger partial charge in [-0.25, -0.2) is 9.07 Å². The Morgan fingerprint density at radius 3 is 2.68 bits per heavy atom. The Balaban J connectivity index is 1.64. The second-order valence-electron chi connectivity index (χ2n) is 5.57. The van der Waals surface area contributed by atoms with E-state index in [1.165, 1.54) is 30.5 Å². The summed E-state index contributed by atoms with van der Waals surface area (Å²) in [6.07, 6.45) is 0.558. The first kappa shape index (κ1) is 16.8. The molecule has 1 amide bonds. The molecule has 0 aliphatic heterocycles. The number of nitrogens with one attached hydrogen (secondary N) is 1. The number of carbonyl (C=O) groups excluding carboxylic acids is 1. The van der Waals surface area contributed by atoms with Gasteiger partial charge in [0.1, 0.15) is 12.4 Å². The molecule has 0 saturated heterocycles. The van der Waals surface area contributed by atoms with Crippen LogP contribution in [0.2, 0.25) is 0 Å². The summed E-state index contributed by atoms with van der Waals surface area (Å²) in [5.41, 5.74) is 0.134. The fraction of sp³-hybridized carbons (Fsp3) is 0.167. The smallest absolute Gasteiger partial charge is 0.275 e. The Morgan fingerprint density at radius 1 is 1.20 bits per heavy atom. The Morgan fingerprint density at radius 2 is 1.92 bits per heavy atom. The normalized spacial score (nSPS) is 12.1. The molecule has 1 heterocycles. The predicted molar refractivity (Wildman–Crippen MR) is 90.4 cm³/mol. The molecule has 0 aliphatic rings. The van der Waals surface area contributed by atoms with E-state index in [-0.39, 0.29) is 18.6 Å². The Hall–Kier alpha value is -3.06. The number of carbonyl (C=O) groups is 1. The molecule has 0 saturated carbocycles. The van der Waals surface area contributed by atoms with Gasteiger partial charge < -0.3 is 10.4 Å². The maximum Gasteiger partial charge on any atom is 0.275 e. The summed E-state index contributed by atoms with van der Waals surface area (Å²) in [6.45, 7) is -0.299. The van der Waals surface area contributed by atoms with Gasteiger partial charge in [0, 0.05) is 11.9 Å². The summed E-state index contributed by atoms with van der Waals surface area (Å²) in [5.74, 6) is -0.854. The summed E-state index contributed by atoms with van der Waals surface area (Å²) >= 11 is 0. The number of hydrogen-bond donors (Lipinski definition) is 2. The number of rotatable bonds is 5. The first-order valence-electron chi connectivity index (χ1n) is 7.69. The third-order valence-corrected chi connectivity index (χ3v) is 3.80. The fourth-order valence-corrected chi connectivity index (χ4v) is 2.45. The Kier molecular flexibility index (Phi) is 4.85. The number of amides is 1. The zero-order valence-electron chi connectivity index (χ0n) is 13.2. The monoisotopic (exact) mass is 341 g/mol. The molecule has 2 aromatic carbocycles. The maximum absolute atomic E-state index is 12.9. The van der Waals surface area contributed by atoms with Crippen molar-refractivity contribution in [3.63, 3.8) is 0 Å². The first-order chi connectivity index (χ1) is 12.0. The van der Waals surface area contributed by atoms with E-state index in [2.05, 4.69) is 10.4 Å². The molecule has 0 bridgehead atoms. The first-order valence-corrected chi connectivity index (χ1v) is 7.69. The van der Waals surface area contributed by atoms with E-state index < -0.39 is 17.8 Å². The zero-order valence-corrected chi connectivity index (χ0v) is 13.2. The van der Waals surface area contributed by atoms with Crippen molar-refractivity contribution in [1.82, 2.24) is 15.1 Å². The minimum absolute atomic E-state index is 0.0488. The molecule has 6 nitrogen and oxygen atoms in total. The van der Waals surface area contributed by atoms with Gasteiger partial charge in [0.15, 0.2) is 0 Å². The molecule has 1 atom stereocenters. The van der Waals surface area contributed by atoms with Crippen molar-refractivity contribution >= 4 is 16.7 Å². The van der Waals surface area contributed by atoms with Gasteiger partial charge in [0.2, 0.25) is 5.91 Å². The highest BCUT2D eigenvalue weighted by Crippen LogP contribution is 2.12. The molecule has 0 aliphatic carbocycles. The van der Waals surface area contributed by atoms with E-state index in [1.54, 1.807) is 24.3 Å². The predicted octanol–water partition coefficient (Wildman–Crippen LogP) is 1.39. The van der Waals surface area contributed by atoms with E-state index in [4.69, 9.17) is 0 Å². The van der Waals surface area contributed by atoms with Gasteiger partial charge >= 0.3 is 0 Å². The molecule has 7 heteroatoms. The van der Waals surface area contributed by atoms with Gasteiger partial charge in [-0.15, -0.1) is 0 Å². The zero-order chi connectivity index (χ0) is 17.8. The summed E-state index contributed by atoms with van der Waals surface area (Å²) < 4.78 is 13.9. The third-order valence-electron chi connectivity index (χ3n) is 3.80. The van der Waals surface area contributed by atoms with Crippen LogP contribution in [0.1, 0.15) is 11.7 Å². The molecule has 128 valence electrons. The van der Waals surface area contributed by atoms with Gasteiger partial charge in [0.05, 0.1) is 17.7 Å². The van der Waals surface area contributed by atoms with Gasteiger partial charge in [-0.05, 0) is 23.8 Å². The lowest BCUT2D eigenvalue weighted by molar-refractivity contribution is -0.122. The van der Waals surface area contributed by atoms with Crippen LogP contribution < -0.4 is 10.9 Å². The van der Waals surface area contributed by atoms with Crippen LogP contribution in [-0.4, -0.2) is 27.3 Å². The topological polar surface area (TPSA) is 84.2 Å². The van der Waals surface area contributed by atoms with Gasteiger partial charge in [-0.2, -0.15) is 5.10 Å². The summed E-state index contributed by atoms with van der Waals surface area (Å²) in [6, 6.07) is 12.4. The lowest BCUT2D eigenvalue weighted by Gasteiger charge is -2.12. The Bertz CT molecular complexity index is 954. The largest absolute Gasteiger partial charge is 0.387 e. The van der Waals surface area contributed by atoms with Crippen molar-refractivity contribution in [2.24, 2.45) is 0 Å². The number of fused-ring (bicyclic) bond motifs is 1. The lowest BCUT2D eigenvalue weighted by atomic mass is 10.1. The van der Waals surface area contributed by atoms with Crippen molar-refractivity contribution < 1.29 is 14.3 Å². The lowest BCUT2D eigenvalue weighted by Crippen LogP contribution is -2.35. The van der Waals surface area contributed by atoms with E-state index in [0.29, 0.717) is 16.3 Å². The van der Waals surface area contributed by atoms with Crippen molar-refractivity contribution in [3.8, 4) is 0 Å². The second-order valence-corrected chi connectivity index (χ2v) is 5.57. The molecule has 0 radical (unpaired) electrons. The minimum atomic E-state index is -0.967. The average molecular weight is 341 g/mol. The quantitative estimate of drug-likeness (QED) is 0.734. The number of halogens is 1. The van der Waals surface area contributed by atoms with Gasteiger partial charge in [-0.3, -0.25) is 9.59 Å². The van der Waals surface area contributed by atoms with E-state index in [0.717, 1.165) is 4.68 Å². The molecule has 2 N–H and O–H groups in total. The van der Waals surface area contributed by atoms with Crippen molar-refractivity contribution in [1.29, 1.82) is 0 Å². The number of benzene rings is 2. The van der Waals surface area contributed by atoms with Crippen LogP contribution in [0.4, 0.5) is 4.39 Å². The molecule has 0 fully saturated rings. The fourth-order valence-electron chi connectivity index (χ4n) is 2.45. The summed E-state index contributed by atoms with van der Waals surface area (Å²) in [7, 11) is 0. The number of nitrogens with zero attached hydrogens (tertiary/aromatic N) is 2. The molecule has 25 heavy (non-hydrogen) atoms. The van der Waals surface area contributed by atoms with Crippen molar-refractivity contribution in [2.45, 2.75) is 12.6 Å². The summed E-state index contributed by atoms with van der Waals surface area (Å²) in [5, 5.41) is 17.7. The van der Waals surface area contributed by atoms with Crippen LogP contribution in [0.3, 0.4) is 0 Å². The molecule has 3 rings (SSSR count). The van der Waals surface area contributed by atoms with Crippen LogP contribution in [0.15, 0.2) is 59.5 Å². The van der Waals surface area contributed by atoms with Gasteiger partial charge in [-0.1, -0.05) is 30.3 Å². The maximum atomic E-state index is 12.9. The highest BCUT2D eigenvalue weighted by atomic mass is 19.1. The van der Waals surface area contributed by atoms with Crippen molar-refractivity contribution in [3.05, 3.63) is 76.5 Å². The van der Waals surface area contributed by atoms with Crippen LogP contribution in [0.25, 0.3) is 10.8 Å². The third kappa shape index (κ3) is 3.89. The van der Waals surface area contributed by atoms with E-state index in [9.17, 15) is 19.1 Å². The molecule has 1 aromatic heterocycles. The average Bonchev–Trinajstić information content (AvgIpc) is 2.63. The van der Waals surface area contributed by atoms with Crippen LogP contribution in [-0.2, 0) is 11.3 Å². The SMILES string of the molecule is O=C(Cn1ncc2ccccc2c1=O)NCC(O)c1ccc(F)cc1. The number of hydrogen-bond acceptors (Lipinski definition) is 4. The van der Waals surface area contributed by atoms with Crippen molar-refractivity contribution in [2.75, 3.05) is 6.54 Å². The molecular formula is C18H16FN3O3. The van der Waals surface area contributed by atoms with Gasteiger partial charge in [0.25, 0.3) is 5.56 Å². The van der Waals surface area contributed by atoms with Crippen LogP contribution >= 0.6 is 0 Å². The molecule has 1 unspecified atom stereocenters. The summed E-state index contributed by atoms with van der Waals surface area (Å²) in [4.78, 5) is 24.3. The minimum Gasteiger partial charge on any atom is -0.387 e. The Labute approximate surface area is 142 Å². The number of aliphatic hydroxyl groups excluding tert-OH is 1. The number of aromatic nitrogens is 2. The highest BCUT2D eigenvalue weighted by Gasteiger charge is 2.12. The van der Waals surface area contributed by atoms with Crippen LogP contribution in [0, 0.1) is 5.82 Å².